The molecule has 2 atom stereocenters. The smallest absolute Gasteiger partial charge is 0.259 e. The van der Waals surface area contributed by atoms with Crippen LogP contribution in [0.25, 0.3) is 0 Å². The topological polar surface area (TPSA) is 129 Å². The summed E-state index contributed by atoms with van der Waals surface area (Å²) in [5, 5.41) is 20.4. The van der Waals surface area contributed by atoms with Crippen molar-refractivity contribution in [3.63, 3.8) is 0 Å². The monoisotopic (exact) mass is 446 g/mol. The Balaban J connectivity index is 0.00000341. The number of hydrogen-bond donors (Lipinski definition) is 4. The molecule has 166 valence electrons. The van der Waals surface area contributed by atoms with Gasteiger partial charge in [0, 0.05) is 23.5 Å². The quantitative estimate of drug-likeness (QED) is 0.399. The second kappa shape index (κ2) is 10.4. The summed E-state index contributed by atoms with van der Waals surface area (Å²) in [6.07, 6.45) is -2.96. The van der Waals surface area contributed by atoms with Crippen LogP contribution in [0.1, 0.15) is 30.9 Å². The fourth-order valence-corrected chi connectivity index (χ4v) is 3.21. The SMILES string of the molecule is CC(C)c1ccc(N2CCO[C@H](C(O)C(=O)Nc3ccc(C(=N)N)cc3)C2=O)cc1.Cl. The molecule has 1 fully saturated rings. The van der Waals surface area contributed by atoms with Gasteiger partial charge >= 0.3 is 0 Å². The number of ether oxygens (including phenoxy) is 1. The summed E-state index contributed by atoms with van der Waals surface area (Å²) in [5.41, 5.74) is 8.19. The molecule has 0 radical (unpaired) electrons. The van der Waals surface area contributed by atoms with Gasteiger partial charge in [0.05, 0.1) is 6.61 Å². The molecule has 2 amide bonds. The zero-order valence-corrected chi connectivity index (χ0v) is 18.2. The van der Waals surface area contributed by atoms with E-state index in [1.807, 2.05) is 24.3 Å². The van der Waals surface area contributed by atoms with Crippen LogP contribution in [0, 0.1) is 5.41 Å². The summed E-state index contributed by atoms with van der Waals surface area (Å²) in [7, 11) is 0. The van der Waals surface area contributed by atoms with Crippen LogP contribution < -0.4 is 16.0 Å². The van der Waals surface area contributed by atoms with Crippen molar-refractivity contribution in [2.45, 2.75) is 32.0 Å². The second-order valence-corrected chi connectivity index (χ2v) is 7.45. The minimum Gasteiger partial charge on any atom is -0.384 e. The Morgan fingerprint density at radius 2 is 1.81 bits per heavy atom. The van der Waals surface area contributed by atoms with Crippen LogP contribution in [0.2, 0.25) is 0 Å². The van der Waals surface area contributed by atoms with Gasteiger partial charge in [0.15, 0.2) is 12.2 Å². The third kappa shape index (κ3) is 5.61. The van der Waals surface area contributed by atoms with Crippen molar-refractivity contribution in [1.29, 1.82) is 5.41 Å². The van der Waals surface area contributed by atoms with Crippen LogP contribution in [0.15, 0.2) is 48.5 Å². The molecule has 0 aliphatic carbocycles. The molecule has 1 aliphatic rings. The summed E-state index contributed by atoms with van der Waals surface area (Å²) < 4.78 is 5.43. The third-order valence-electron chi connectivity index (χ3n) is 5.01. The van der Waals surface area contributed by atoms with Crippen LogP contribution in [0.3, 0.4) is 0 Å². The second-order valence-electron chi connectivity index (χ2n) is 7.45. The van der Waals surface area contributed by atoms with Gasteiger partial charge in [-0.05, 0) is 47.9 Å². The molecule has 0 aromatic heterocycles. The number of anilines is 2. The number of carbonyl (C=O) groups excluding carboxylic acids is 2. The van der Waals surface area contributed by atoms with Crippen LogP contribution in [-0.4, -0.2) is 48.1 Å². The first-order valence-corrected chi connectivity index (χ1v) is 9.74. The molecule has 0 spiro atoms. The molecule has 0 saturated carbocycles. The minimum absolute atomic E-state index is 0. The molecule has 3 rings (SSSR count). The number of rotatable bonds is 6. The van der Waals surface area contributed by atoms with E-state index in [2.05, 4.69) is 19.2 Å². The summed E-state index contributed by atoms with van der Waals surface area (Å²) >= 11 is 0. The van der Waals surface area contributed by atoms with E-state index in [1.165, 1.54) is 4.90 Å². The number of benzene rings is 2. The number of aliphatic hydroxyl groups is 1. The zero-order valence-electron chi connectivity index (χ0n) is 17.4. The maximum Gasteiger partial charge on any atom is 0.259 e. The van der Waals surface area contributed by atoms with Crippen molar-refractivity contribution in [2.75, 3.05) is 23.4 Å². The van der Waals surface area contributed by atoms with Gasteiger partial charge in [-0.3, -0.25) is 15.0 Å². The van der Waals surface area contributed by atoms with E-state index in [0.717, 1.165) is 5.56 Å². The molecule has 0 bridgehead atoms. The van der Waals surface area contributed by atoms with E-state index < -0.39 is 24.0 Å². The van der Waals surface area contributed by atoms with Gasteiger partial charge in [0.2, 0.25) is 0 Å². The summed E-state index contributed by atoms with van der Waals surface area (Å²) in [6.45, 7) is 4.73. The normalized spacial score (nSPS) is 17.1. The van der Waals surface area contributed by atoms with E-state index in [1.54, 1.807) is 24.3 Å². The van der Waals surface area contributed by atoms with E-state index in [4.69, 9.17) is 15.9 Å². The number of amides is 2. The highest BCUT2D eigenvalue weighted by atomic mass is 35.5. The number of nitrogens with zero attached hydrogens (tertiary/aromatic N) is 1. The molecule has 8 nitrogen and oxygen atoms in total. The van der Waals surface area contributed by atoms with Gasteiger partial charge in [0.25, 0.3) is 11.8 Å². The Morgan fingerprint density at radius 1 is 1.19 bits per heavy atom. The molecule has 1 aliphatic heterocycles. The molecule has 9 heteroatoms. The summed E-state index contributed by atoms with van der Waals surface area (Å²) in [5.74, 6) is -0.924. The highest BCUT2D eigenvalue weighted by Gasteiger charge is 2.39. The largest absolute Gasteiger partial charge is 0.384 e. The predicted octanol–water partition coefficient (Wildman–Crippen LogP) is 2.25. The number of nitrogens with two attached hydrogens (primary N) is 1. The van der Waals surface area contributed by atoms with Crippen molar-refractivity contribution in [2.24, 2.45) is 5.73 Å². The van der Waals surface area contributed by atoms with Crippen molar-refractivity contribution in [3.8, 4) is 0 Å². The molecule has 5 N–H and O–H groups in total. The van der Waals surface area contributed by atoms with E-state index >= 15 is 0 Å². The maximum atomic E-state index is 12.9. The van der Waals surface area contributed by atoms with Gasteiger partial charge in [-0.15, -0.1) is 12.4 Å². The van der Waals surface area contributed by atoms with Gasteiger partial charge < -0.3 is 25.8 Å². The Labute approximate surface area is 187 Å². The van der Waals surface area contributed by atoms with Gasteiger partial charge in [0.1, 0.15) is 5.84 Å². The lowest BCUT2D eigenvalue weighted by atomic mass is 10.0. The molecule has 1 unspecified atom stereocenters. The van der Waals surface area contributed by atoms with Crippen molar-refractivity contribution >= 4 is 41.4 Å². The summed E-state index contributed by atoms with van der Waals surface area (Å²) in [4.78, 5) is 26.9. The maximum absolute atomic E-state index is 12.9. The van der Waals surface area contributed by atoms with E-state index in [-0.39, 0.29) is 24.8 Å². The van der Waals surface area contributed by atoms with Crippen LogP contribution in [-0.2, 0) is 14.3 Å². The lowest BCUT2D eigenvalue weighted by Gasteiger charge is -2.34. The van der Waals surface area contributed by atoms with Gasteiger partial charge in [-0.2, -0.15) is 0 Å². The first kappa shape index (κ1) is 24.3. The Kier molecular flexibility index (Phi) is 8.15. The van der Waals surface area contributed by atoms with Crippen molar-refractivity contribution < 1.29 is 19.4 Å². The number of hydrogen-bond acceptors (Lipinski definition) is 5. The Morgan fingerprint density at radius 3 is 2.35 bits per heavy atom. The van der Waals surface area contributed by atoms with Crippen LogP contribution in [0.4, 0.5) is 11.4 Å². The number of carbonyl (C=O) groups is 2. The average molecular weight is 447 g/mol. The van der Waals surface area contributed by atoms with Crippen LogP contribution >= 0.6 is 12.4 Å². The Bertz CT molecular complexity index is 932. The highest BCUT2D eigenvalue weighted by molar-refractivity contribution is 6.04. The molecule has 2 aromatic carbocycles. The minimum atomic E-state index is -1.66. The number of nitrogens with one attached hydrogen (secondary N) is 2. The van der Waals surface area contributed by atoms with Gasteiger partial charge in [-0.25, -0.2) is 0 Å². The number of aliphatic hydroxyl groups excluding tert-OH is 1. The lowest BCUT2D eigenvalue weighted by Crippen LogP contribution is -2.55. The predicted molar refractivity (Wildman–Crippen MR) is 122 cm³/mol. The first-order valence-electron chi connectivity index (χ1n) is 9.74. The molecular formula is C22H27ClN4O4. The van der Waals surface area contributed by atoms with Gasteiger partial charge in [-0.1, -0.05) is 26.0 Å². The number of nitrogen functional groups attached to an aromatic ring is 1. The highest BCUT2D eigenvalue weighted by Crippen LogP contribution is 2.24. The number of amidine groups is 1. The molecule has 1 heterocycles. The zero-order chi connectivity index (χ0) is 21.8. The lowest BCUT2D eigenvalue weighted by molar-refractivity contribution is -0.150. The standard InChI is InChI=1S/C22H26N4O4.ClH/c1-13(2)14-5-9-17(10-6-14)26-11-12-30-19(22(26)29)18(27)21(28)25-16-7-3-15(4-8-16)20(23)24;/h3-10,13,18-19,27H,11-12H2,1-2H3,(H3,23,24)(H,25,28);1H/t18?,19-;/m1./s1. The fourth-order valence-electron chi connectivity index (χ4n) is 3.21. The van der Waals surface area contributed by atoms with Crippen LogP contribution in [0.5, 0.6) is 0 Å². The molecule has 1 saturated heterocycles. The molecular weight excluding hydrogens is 420 g/mol. The average Bonchev–Trinajstić information content (AvgIpc) is 2.74. The summed E-state index contributed by atoms with van der Waals surface area (Å²) in [6, 6.07) is 13.9. The number of morpholine rings is 1. The Hall–Kier alpha value is -2.94. The first-order chi connectivity index (χ1) is 14.3. The van der Waals surface area contributed by atoms with Crippen molar-refractivity contribution in [3.05, 3.63) is 59.7 Å². The molecule has 31 heavy (non-hydrogen) atoms. The van der Waals surface area contributed by atoms with E-state index in [9.17, 15) is 14.7 Å². The molecule has 2 aromatic rings. The van der Waals surface area contributed by atoms with E-state index in [0.29, 0.717) is 29.4 Å². The van der Waals surface area contributed by atoms with Crippen molar-refractivity contribution in [1.82, 2.24) is 0 Å². The number of halogens is 1. The fraction of sp³-hybridized carbons (Fsp3) is 0.318. The third-order valence-corrected chi connectivity index (χ3v) is 5.01.